The number of hydrogen-bond acceptors (Lipinski definition) is 8. The molecule has 1 aliphatic heterocycles. The first-order valence-corrected chi connectivity index (χ1v) is 8.56. The quantitative estimate of drug-likeness (QED) is 0.649. The number of para-hydroxylation sites is 1. The minimum atomic E-state index is -0.598. The Kier molecular flexibility index (Phi) is 6.34. The molecule has 2 amide bonds. The van der Waals surface area contributed by atoms with Crippen molar-refractivity contribution in [3.05, 3.63) is 41.5 Å². The molecule has 1 aromatic carbocycles. The van der Waals surface area contributed by atoms with Gasteiger partial charge >= 0.3 is 11.8 Å². The number of benzene rings is 1. The lowest BCUT2D eigenvalue weighted by Crippen LogP contribution is -2.41. The maximum absolute atomic E-state index is 12.1. The van der Waals surface area contributed by atoms with Gasteiger partial charge in [0.05, 0.1) is 18.8 Å². The number of primary amides is 1. The van der Waals surface area contributed by atoms with Gasteiger partial charge in [0.2, 0.25) is 5.82 Å². The van der Waals surface area contributed by atoms with Crippen LogP contribution in [0.2, 0.25) is 0 Å². The summed E-state index contributed by atoms with van der Waals surface area (Å²) in [6, 6.07) is 6.56. The number of rotatable bonds is 8. The van der Waals surface area contributed by atoms with Crippen LogP contribution in [-0.2, 0) is 11.3 Å². The molecular weight excluding hydrogens is 354 g/mol. The van der Waals surface area contributed by atoms with E-state index >= 15 is 0 Å². The fourth-order valence-electron chi connectivity index (χ4n) is 2.57. The number of nitrogens with one attached hydrogen (secondary N) is 1. The van der Waals surface area contributed by atoms with Crippen molar-refractivity contribution in [2.75, 3.05) is 39.4 Å². The minimum absolute atomic E-state index is 0.0607. The number of aromatic nitrogens is 2. The van der Waals surface area contributed by atoms with Crippen LogP contribution in [0, 0.1) is 0 Å². The standard InChI is InChI=1S/C17H21N5O5/c18-15(23)12-3-1-2-4-13(12)26-11-14-20-17(27-21-14)16(24)19-5-6-22-7-9-25-10-8-22/h1-4H,5-11H2,(H2,18,23)(H,19,24). The van der Waals surface area contributed by atoms with Crippen LogP contribution >= 0.6 is 0 Å². The summed E-state index contributed by atoms with van der Waals surface area (Å²) < 4.78 is 15.7. The molecule has 0 saturated carbocycles. The molecule has 0 atom stereocenters. The van der Waals surface area contributed by atoms with Gasteiger partial charge in [0.15, 0.2) is 6.61 Å². The number of amides is 2. The first-order chi connectivity index (χ1) is 13.1. The number of morpholine rings is 1. The maximum Gasteiger partial charge on any atom is 0.316 e. The second-order valence-corrected chi connectivity index (χ2v) is 5.87. The summed E-state index contributed by atoms with van der Waals surface area (Å²) in [5.41, 5.74) is 5.55. The second-order valence-electron chi connectivity index (χ2n) is 5.87. The van der Waals surface area contributed by atoms with E-state index in [2.05, 4.69) is 20.4 Å². The van der Waals surface area contributed by atoms with Gasteiger partial charge in [-0.25, -0.2) is 0 Å². The van der Waals surface area contributed by atoms with Gasteiger partial charge in [-0.05, 0) is 12.1 Å². The Balaban J connectivity index is 1.48. The van der Waals surface area contributed by atoms with Gasteiger partial charge in [0.25, 0.3) is 5.91 Å². The Hall–Kier alpha value is -2.98. The zero-order valence-corrected chi connectivity index (χ0v) is 14.7. The molecular formula is C17H21N5O5. The van der Waals surface area contributed by atoms with Crippen molar-refractivity contribution in [3.63, 3.8) is 0 Å². The third kappa shape index (κ3) is 5.25. The number of nitrogens with zero attached hydrogens (tertiary/aromatic N) is 3. The summed E-state index contributed by atoms with van der Waals surface area (Å²) in [5, 5.41) is 6.45. The minimum Gasteiger partial charge on any atom is -0.485 e. The van der Waals surface area contributed by atoms with E-state index in [0.717, 1.165) is 19.6 Å². The molecule has 3 N–H and O–H groups in total. The van der Waals surface area contributed by atoms with Crippen LogP contribution in [0.5, 0.6) is 5.75 Å². The van der Waals surface area contributed by atoms with Gasteiger partial charge in [0.1, 0.15) is 5.75 Å². The monoisotopic (exact) mass is 375 g/mol. The molecule has 10 heteroatoms. The third-order valence-electron chi connectivity index (χ3n) is 3.99. The summed E-state index contributed by atoms with van der Waals surface area (Å²) in [5.74, 6) is -0.684. The normalized spacial score (nSPS) is 14.7. The maximum atomic E-state index is 12.1. The van der Waals surface area contributed by atoms with Crippen molar-refractivity contribution in [1.29, 1.82) is 0 Å². The van der Waals surface area contributed by atoms with Crippen LogP contribution in [0.15, 0.2) is 28.8 Å². The average Bonchev–Trinajstić information content (AvgIpc) is 3.16. The van der Waals surface area contributed by atoms with Crippen LogP contribution in [0.4, 0.5) is 0 Å². The fourth-order valence-corrected chi connectivity index (χ4v) is 2.57. The summed E-state index contributed by atoms with van der Waals surface area (Å²) in [6.45, 7) is 4.26. The van der Waals surface area contributed by atoms with E-state index in [9.17, 15) is 9.59 Å². The van der Waals surface area contributed by atoms with Crippen molar-refractivity contribution in [3.8, 4) is 5.75 Å². The molecule has 0 spiro atoms. The molecule has 1 fully saturated rings. The lowest BCUT2D eigenvalue weighted by molar-refractivity contribution is 0.0382. The molecule has 1 saturated heterocycles. The smallest absolute Gasteiger partial charge is 0.316 e. The highest BCUT2D eigenvalue weighted by molar-refractivity contribution is 5.95. The highest BCUT2D eigenvalue weighted by atomic mass is 16.5. The first-order valence-electron chi connectivity index (χ1n) is 8.56. The molecule has 0 unspecified atom stereocenters. The van der Waals surface area contributed by atoms with Crippen molar-refractivity contribution >= 4 is 11.8 Å². The zero-order valence-electron chi connectivity index (χ0n) is 14.7. The van der Waals surface area contributed by atoms with Crippen molar-refractivity contribution < 1.29 is 23.6 Å². The second kappa shape index (κ2) is 9.10. The Morgan fingerprint density at radius 2 is 2.04 bits per heavy atom. The van der Waals surface area contributed by atoms with E-state index in [4.69, 9.17) is 19.7 Å². The van der Waals surface area contributed by atoms with Gasteiger partial charge in [-0.1, -0.05) is 17.3 Å². The molecule has 0 radical (unpaired) electrons. The van der Waals surface area contributed by atoms with Crippen molar-refractivity contribution in [2.24, 2.45) is 5.73 Å². The molecule has 144 valence electrons. The largest absolute Gasteiger partial charge is 0.485 e. The number of carbonyl (C=O) groups excluding carboxylic acids is 2. The molecule has 1 aromatic heterocycles. The number of nitrogens with two attached hydrogens (primary N) is 1. The summed E-state index contributed by atoms with van der Waals surface area (Å²) in [6.07, 6.45) is 0. The van der Waals surface area contributed by atoms with Crippen LogP contribution in [0.3, 0.4) is 0 Å². The molecule has 3 rings (SSSR count). The number of hydrogen-bond donors (Lipinski definition) is 2. The first kappa shape index (κ1) is 18.8. The molecule has 0 bridgehead atoms. The lowest BCUT2D eigenvalue weighted by atomic mass is 10.2. The molecule has 1 aliphatic rings. The van der Waals surface area contributed by atoms with E-state index in [-0.39, 0.29) is 23.9 Å². The Morgan fingerprint density at radius 1 is 1.26 bits per heavy atom. The van der Waals surface area contributed by atoms with Gasteiger partial charge in [-0.2, -0.15) is 4.98 Å². The Bertz CT molecular complexity index is 788. The van der Waals surface area contributed by atoms with E-state index in [1.165, 1.54) is 0 Å². The van der Waals surface area contributed by atoms with E-state index < -0.39 is 11.8 Å². The summed E-state index contributed by atoms with van der Waals surface area (Å²) in [7, 11) is 0. The van der Waals surface area contributed by atoms with Crippen LogP contribution in [-0.4, -0.2) is 66.2 Å². The van der Waals surface area contributed by atoms with Crippen molar-refractivity contribution in [1.82, 2.24) is 20.4 Å². The molecule has 2 heterocycles. The summed E-state index contributed by atoms with van der Waals surface area (Å²) >= 11 is 0. The SMILES string of the molecule is NC(=O)c1ccccc1OCc1noc(C(=O)NCCN2CCOCC2)n1. The fraction of sp³-hybridized carbons (Fsp3) is 0.412. The van der Waals surface area contributed by atoms with Crippen LogP contribution < -0.4 is 15.8 Å². The van der Waals surface area contributed by atoms with Gasteiger partial charge in [0, 0.05) is 26.2 Å². The van der Waals surface area contributed by atoms with Crippen LogP contribution in [0.1, 0.15) is 26.9 Å². The summed E-state index contributed by atoms with van der Waals surface area (Å²) in [4.78, 5) is 29.6. The lowest BCUT2D eigenvalue weighted by Gasteiger charge is -2.26. The predicted octanol–water partition coefficient (Wildman–Crippen LogP) is -0.190. The van der Waals surface area contributed by atoms with Gasteiger partial charge in [-0.3, -0.25) is 14.5 Å². The average molecular weight is 375 g/mol. The van der Waals surface area contributed by atoms with E-state index in [0.29, 0.717) is 25.5 Å². The van der Waals surface area contributed by atoms with Crippen molar-refractivity contribution in [2.45, 2.75) is 6.61 Å². The Labute approximate surface area is 155 Å². The Morgan fingerprint density at radius 3 is 2.81 bits per heavy atom. The highest BCUT2D eigenvalue weighted by Crippen LogP contribution is 2.18. The number of ether oxygens (including phenoxy) is 2. The molecule has 0 aliphatic carbocycles. The van der Waals surface area contributed by atoms with Gasteiger partial charge in [-0.15, -0.1) is 0 Å². The topological polar surface area (TPSA) is 133 Å². The van der Waals surface area contributed by atoms with E-state index in [1.54, 1.807) is 24.3 Å². The predicted molar refractivity (Wildman–Crippen MR) is 93.2 cm³/mol. The van der Waals surface area contributed by atoms with E-state index in [1.807, 2.05) is 0 Å². The molecule has 10 nitrogen and oxygen atoms in total. The number of carbonyl (C=O) groups is 2. The molecule has 27 heavy (non-hydrogen) atoms. The molecule has 2 aromatic rings. The van der Waals surface area contributed by atoms with Crippen LogP contribution in [0.25, 0.3) is 0 Å². The van der Waals surface area contributed by atoms with Gasteiger partial charge < -0.3 is 25.0 Å². The highest BCUT2D eigenvalue weighted by Gasteiger charge is 2.17. The zero-order chi connectivity index (χ0) is 19.1. The third-order valence-corrected chi connectivity index (χ3v) is 3.99.